The molecule has 0 heterocycles. The van der Waals surface area contributed by atoms with Crippen molar-refractivity contribution in [2.45, 2.75) is 20.0 Å². The van der Waals surface area contributed by atoms with Crippen LogP contribution in [0, 0.1) is 0 Å². The van der Waals surface area contributed by atoms with Gasteiger partial charge in [0.15, 0.2) is 0 Å². The highest BCUT2D eigenvalue weighted by atomic mass is 16.5. The van der Waals surface area contributed by atoms with E-state index < -0.39 is 5.97 Å². The Morgan fingerprint density at radius 3 is 2.50 bits per heavy atom. The van der Waals surface area contributed by atoms with Crippen LogP contribution in [0.3, 0.4) is 0 Å². The third-order valence-electron chi connectivity index (χ3n) is 2.87. The molecule has 5 heteroatoms. The number of nitrogens with one attached hydrogen (secondary N) is 1. The van der Waals surface area contributed by atoms with Gasteiger partial charge in [0.2, 0.25) is 0 Å². The number of carboxylic acid groups (broad SMARTS) is 1. The number of ether oxygens (including phenoxy) is 1. The zero-order valence-electron chi connectivity index (χ0n) is 12.4. The van der Waals surface area contributed by atoms with Gasteiger partial charge >= 0.3 is 5.97 Å². The van der Waals surface area contributed by atoms with E-state index in [0.29, 0.717) is 11.3 Å². The second-order valence-electron chi connectivity index (χ2n) is 5.00. The van der Waals surface area contributed by atoms with Crippen LogP contribution in [0.15, 0.2) is 48.5 Å². The SMILES string of the molecule is CC(C)Oc1cccc(C(=O)Nc2ccccc2C(=O)O)c1. The van der Waals surface area contributed by atoms with E-state index in [1.165, 1.54) is 6.07 Å². The topological polar surface area (TPSA) is 75.6 Å². The smallest absolute Gasteiger partial charge is 0.337 e. The number of hydrogen-bond donors (Lipinski definition) is 2. The molecule has 1 amide bonds. The summed E-state index contributed by atoms with van der Waals surface area (Å²) in [5, 5.41) is 11.7. The highest BCUT2D eigenvalue weighted by Gasteiger charge is 2.13. The van der Waals surface area contributed by atoms with Crippen molar-refractivity contribution in [3.63, 3.8) is 0 Å². The summed E-state index contributed by atoms with van der Waals surface area (Å²) in [4.78, 5) is 23.4. The molecule has 2 aromatic carbocycles. The van der Waals surface area contributed by atoms with Gasteiger partial charge in [-0.1, -0.05) is 18.2 Å². The Hall–Kier alpha value is -2.82. The molecule has 2 N–H and O–H groups in total. The van der Waals surface area contributed by atoms with Crippen LogP contribution in [0.25, 0.3) is 0 Å². The zero-order chi connectivity index (χ0) is 16.1. The fourth-order valence-electron chi connectivity index (χ4n) is 1.96. The monoisotopic (exact) mass is 299 g/mol. The van der Waals surface area contributed by atoms with Crippen molar-refractivity contribution in [1.29, 1.82) is 0 Å². The fraction of sp³-hybridized carbons (Fsp3) is 0.176. The van der Waals surface area contributed by atoms with E-state index in [0.717, 1.165) is 0 Å². The Bertz CT molecular complexity index is 695. The van der Waals surface area contributed by atoms with Crippen LogP contribution < -0.4 is 10.1 Å². The first-order valence-electron chi connectivity index (χ1n) is 6.88. The second kappa shape index (κ2) is 6.76. The van der Waals surface area contributed by atoms with Crippen molar-refractivity contribution in [2.24, 2.45) is 0 Å². The first-order valence-corrected chi connectivity index (χ1v) is 6.88. The molecular weight excluding hydrogens is 282 g/mol. The Kier molecular flexibility index (Phi) is 4.78. The molecule has 0 spiro atoms. The number of carbonyl (C=O) groups is 2. The zero-order valence-corrected chi connectivity index (χ0v) is 12.4. The van der Waals surface area contributed by atoms with E-state index in [4.69, 9.17) is 9.84 Å². The molecule has 114 valence electrons. The summed E-state index contributed by atoms with van der Waals surface area (Å²) >= 11 is 0. The molecule has 0 bridgehead atoms. The van der Waals surface area contributed by atoms with Crippen molar-refractivity contribution in [1.82, 2.24) is 0 Å². The average molecular weight is 299 g/mol. The van der Waals surface area contributed by atoms with Crippen molar-refractivity contribution in [3.05, 3.63) is 59.7 Å². The Balaban J connectivity index is 2.21. The predicted molar refractivity (Wildman–Crippen MR) is 83.6 cm³/mol. The largest absolute Gasteiger partial charge is 0.491 e. The first kappa shape index (κ1) is 15.6. The van der Waals surface area contributed by atoms with Gasteiger partial charge in [0.1, 0.15) is 5.75 Å². The molecule has 0 aromatic heterocycles. The van der Waals surface area contributed by atoms with Gasteiger partial charge < -0.3 is 15.2 Å². The summed E-state index contributed by atoms with van der Waals surface area (Å²) in [6, 6.07) is 13.0. The summed E-state index contributed by atoms with van der Waals surface area (Å²) in [7, 11) is 0. The number of benzene rings is 2. The maximum Gasteiger partial charge on any atom is 0.337 e. The molecule has 0 fully saturated rings. The van der Waals surface area contributed by atoms with Crippen molar-refractivity contribution < 1.29 is 19.4 Å². The van der Waals surface area contributed by atoms with Gasteiger partial charge in [0, 0.05) is 5.56 Å². The van der Waals surface area contributed by atoms with E-state index in [-0.39, 0.29) is 23.3 Å². The number of anilines is 1. The standard InChI is InChI=1S/C17H17NO4/c1-11(2)22-13-7-5-6-12(10-13)16(19)18-15-9-4-3-8-14(15)17(20)21/h3-11H,1-2H3,(H,18,19)(H,20,21). The highest BCUT2D eigenvalue weighted by Crippen LogP contribution is 2.19. The van der Waals surface area contributed by atoms with Crippen molar-refractivity contribution in [2.75, 3.05) is 5.32 Å². The number of aromatic carboxylic acids is 1. The lowest BCUT2D eigenvalue weighted by atomic mass is 10.1. The number of para-hydroxylation sites is 1. The molecule has 5 nitrogen and oxygen atoms in total. The van der Waals surface area contributed by atoms with Crippen LogP contribution in [-0.4, -0.2) is 23.1 Å². The molecule has 0 saturated carbocycles. The third kappa shape index (κ3) is 3.85. The molecular formula is C17H17NO4. The van der Waals surface area contributed by atoms with Crippen LogP contribution in [0.2, 0.25) is 0 Å². The molecule has 22 heavy (non-hydrogen) atoms. The first-order chi connectivity index (χ1) is 10.5. The number of carboxylic acids is 1. The number of rotatable bonds is 5. The fourth-order valence-corrected chi connectivity index (χ4v) is 1.96. The van der Waals surface area contributed by atoms with E-state index >= 15 is 0 Å². The van der Waals surface area contributed by atoms with E-state index in [1.807, 2.05) is 13.8 Å². The molecule has 2 rings (SSSR count). The van der Waals surface area contributed by atoms with Gasteiger partial charge in [0.05, 0.1) is 17.4 Å². The lowest BCUT2D eigenvalue weighted by molar-refractivity contribution is 0.0698. The molecule has 2 aromatic rings. The summed E-state index contributed by atoms with van der Waals surface area (Å²) in [6.45, 7) is 3.80. The molecule has 0 aliphatic heterocycles. The molecule has 0 unspecified atom stereocenters. The van der Waals surface area contributed by atoms with Crippen LogP contribution in [0.4, 0.5) is 5.69 Å². The van der Waals surface area contributed by atoms with Gasteiger partial charge in [-0.15, -0.1) is 0 Å². The normalized spacial score (nSPS) is 10.3. The van der Waals surface area contributed by atoms with E-state index in [1.54, 1.807) is 42.5 Å². The molecule has 0 saturated heterocycles. The van der Waals surface area contributed by atoms with Crippen LogP contribution >= 0.6 is 0 Å². The maximum atomic E-state index is 12.3. The van der Waals surface area contributed by atoms with Gasteiger partial charge in [-0.25, -0.2) is 4.79 Å². The Morgan fingerprint density at radius 2 is 1.82 bits per heavy atom. The van der Waals surface area contributed by atoms with Gasteiger partial charge in [-0.05, 0) is 44.2 Å². The average Bonchev–Trinajstić information content (AvgIpc) is 2.47. The Labute approximate surface area is 128 Å². The van der Waals surface area contributed by atoms with Crippen molar-refractivity contribution in [3.8, 4) is 5.75 Å². The lowest BCUT2D eigenvalue weighted by Crippen LogP contribution is -2.15. The van der Waals surface area contributed by atoms with E-state index in [9.17, 15) is 9.59 Å². The van der Waals surface area contributed by atoms with Crippen LogP contribution in [0.5, 0.6) is 5.75 Å². The van der Waals surface area contributed by atoms with E-state index in [2.05, 4.69) is 5.32 Å². The minimum absolute atomic E-state index is 0.00560. The number of hydrogen-bond acceptors (Lipinski definition) is 3. The Morgan fingerprint density at radius 1 is 1.09 bits per heavy atom. The number of amides is 1. The highest BCUT2D eigenvalue weighted by molar-refractivity contribution is 6.07. The van der Waals surface area contributed by atoms with Gasteiger partial charge in [-0.3, -0.25) is 4.79 Å². The van der Waals surface area contributed by atoms with Gasteiger partial charge in [0.25, 0.3) is 5.91 Å². The number of carbonyl (C=O) groups excluding carboxylic acids is 1. The van der Waals surface area contributed by atoms with Crippen LogP contribution in [0.1, 0.15) is 34.6 Å². The minimum atomic E-state index is -1.09. The summed E-state index contributed by atoms with van der Waals surface area (Å²) < 4.78 is 5.54. The lowest BCUT2D eigenvalue weighted by Gasteiger charge is -2.12. The third-order valence-corrected chi connectivity index (χ3v) is 2.87. The van der Waals surface area contributed by atoms with Gasteiger partial charge in [-0.2, -0.15) is 0 Å². The molecule has 0 atom stereocenters. The van der Waals surface area contributed by atoms with Crippen LogP contribution in [-0.2, 0) is 0 Å². The summed E-state index contributed by atoms with van der Waals surface area (Å²) in [5.41, 5.74) is 0.707. The second-order valence-corrected chi connectivity index (χ2v) is 5.00. The quantitative estimate of drug-likeness (QED) is 0.887. The molecule has 0 aliphatic carbocycles. The summed E-state index contributed by atoms with van der Waals surface area (Å²) in [5.74, 6) is -0.884. The minimum Gasteiger partial charge on any atom is -0.491 e. The molecule has 0 radical (unpaired) electrons. The molecule has 0 aliphatic rings. The summed E-state index contributed by atoms with van der Waals surface area (Å²) in [6.07, 6.45) is 0.00560. The maximum absolute atomic E-state index is 12.3. The predicted octanol–water partition coefficient (Wildman–Crippen LogP) is 3.42. The van der Waals surface area contributed by atoms with Crippen molar-refractivity contribution >= 4 is 17.6 Å².